The molecule has 0 fully saturated rings. The van der Waals surface area contributed by atoms with Crippen molar-refractivity contribution in [2.75, 3.05) is 12.4 Å². The minimum atomic E-state index is -0.505. The molecular formula is C9H19NO2S. The Morgan fingerprint density at radius 1 is 1.54 bits per heavy atom. The summed E-state index contributed by atoms with van der Waals surface area (Å²) < 4.78 is 0. The number of amides is 1. The molecule has 13 heavy (non-hydrogen) atoms. The monoisotopic (exact) mass is 205 g/mol. The second-order valence-electron chi connectivity index (χ2n) is 3.95. The van der Waals surface area contributed by atoms with Crippen molar-refractivity contribution in [1.29, 1.82) is 0 Å². The Morgan fingerprint density at radius 2 is 2.08 bits per heavy atom. The van der Waals surface area contributed by atoms with Crippen molar-refractivity contribution in [1.82, 2.24) is 5.32 Å². The number of rotatable bonds is 5. The van der Waals surface area contributed by atoms with Gasteiger partial charge in [0.2, 0.25) is 5.91 Å². The Morgan fingerprint density at radius 3 is 2.46 bits per heavy atom. The molecule has 0 saturated carbocycles. The fourth-order valence-corrected chi connectivity index (χ4v) is 1.25. The third kappa shape index (κ3) is 6.90. The molecule has 1 amide bonds. The van der Waals surface area contributed by atoms with E-state index in [1.807, 2.05) is 0 Å². The molecule has 0 radical (unpaired) electrons. The second kappa shape index (κ2) is 5.50. The van der Waals surface area contributed by atoms with E-state index in [0.717, 1.165) is 0 Å². The topological polar surface area (TPSA) is 49.3 Å². The number of hydrogen-bond acceptors (Lipinski definition) is 3. The highest BCUT2D eigenvalue weighted by Gasteiger charge is 2.18. The summed E-state index contributed by atoms with van der Waals surface area (Å²) >= 11 is 1.60. The van der Waals surface area contributed by atoms with E-state index in [9.17, 15) is 4.79 Å². The van der Waals surface area contributed by atoms with Crippen LogP contribution in [-0.4, -0.2) is 34.2 Å². The molecule has 0 aromatic rings. The van der Waals surface area contributed by atoms with Gasteiger partial charge in [-0.1, -0.05) is 13.8 Å². The number of nitrogens with one attached hydrogen (secondary N) is 1. The molecule has 0 aliphatic rings. The van der Waals surface area contributed by atoms with Gasteiger partial charge >= 0.3 is 0 Å². The number of aliphatic hydroxyl groups excluding tert-OH is 1. The lowest BCUT2D eigenvalue weighted by atomic mass is 10.1. The zero-order valence-corrected chi connectivity index (χ0v) is 9.57. The van der Waals surface area contributed by atoms with Crippen LogP contribution in [0.5, 0.6) is 0 Å². The Kier molecular flexibility index (Phi) is 5.40. The molecule has 0 atom stereocenters. The van der Waals surface area contributed by atoms with Crippen molar-refractivity contribution in [3.05, 3.63) is 0 Å². The lowest BCUT2D eigenvalue weighted by molar-refractivity contribution is -0.120. The minimum Gasteiger partial charge on any atom is -0.394 e. The maximum absolute atomic E-state index is 11.3. The van der Waals surface area contributed by atoms with Gasteiger partial charge < -0.3 is 10.4 Å². The van der Waals surface area contributed by atoms with E-state index < -0.39 is 5.54 Å². The fraction of sp³-hybridized carbons (Fsp3) is 0.889. The van der Waals surface area contributed by atoms with E-state index in [2.05, 4.69) is 19.2 Å². The minimum absolute atomic E-state index is 0.0160. The molecule has 0 spiro atoms. The first-order valence-electron chi connectivity index (χ1n) is 4.41. The van der Waals surface area contributed by atoms with E-state index in [1.165, 1.54) is 0 Å². The van der Waals surface area contributed by atoms with Crippen LogP contribution < -0.4 is 5.32 Å². The lowest BCUT2D eigenvalue weighted by Crippen LogP contribution is -2.47. The summed E-state index contributed by atoms with van der Waals surface area (Å²) in [7, 11) is 0. The van der Waals surface area contributed by atoms with Crippen molar-refractivity contribution >= 4 is 17.7 Å². The highest BCUT2D eigenvalue weighted by molar-refractivity contribution is 8.00. The molecule has 0 saturated heterocycles. The molecule has 0 aliphatic carbocycles. The van der Waals surface area contributed by atoms with E-state index in [1.54, 1.807) is 25.6 Å². The fourth-order valence-electron chi connectivity index (χ4n) is 0.695. The lowest BCUT2D eigenvalue weighted by Gasteiger charge is -2.23. The zero-order chi connectivity index (χ0) is 10.5. The van der Waals surface area contributed by atoms with Gasteiger partial charge in [0.05, 0.1) is 17.9 Å². The standard InChI is InChI=1S/C9H19NO2S/c1-7(2)13-5-8(12)10-9(3,4)6-11/h7,11H,5-6H2,1-4H3,(H,10,12). The van der Waals surface area contributed by atoms with Crippen molar-refractivity contribution in [2.24, 2.45) is 0 Å². The van der Waals surface area contributed by atoms with Gasteiger partial charge in [-0.2, -0.15) is 0 Å². The Hall–Kier alpha value is -0.220. The largest absolute Gasteiger partial charge is 0.394 e. The first kappa shape index (κ1) is 12.8. The molecule has 3 nitrogen and oxygen atoms in total. The van der Waals surface area contributed by atoms with Crippen LogP contribution in [0.15, 0.2) is 0 Å². The van der Waals surface area contributed by atoms with Gasteiger partial charge in [0, 0.05) is 0 Å². The number of carbonyl (C=O) groups excluding carboxylic acids is 1. The highest BCUT2D eigenvalue weighted by atomic mass is 32.2. The van der Waals surface area contributed by atoms with Crippen LogP contribution in [0.3, 0.4) is 0 Å². The summed E-state index contributed by atoms with van der Waals surface area (Å²) in [5.41, 5.74) is -0.505. The molecular weight excluding hydrogens is 186 g/mol. The maximum atomic E-state index is 11.3. The molecule has 0 unspecified atom stereocenters. The number of thioether (sulfide) groups is 1. The van der Waals surface area contributed by atoms with Crippen LogP contribution in [0.1, 0.15) is 27.7 Å². The average molecular weight is 205 g/mol. The predicted molar refractivity (Wildman–Crippen MR) is 56.9 cm³/mol. The number of aliphatic hydroxyl groups is 1. The van der Waals surface area contributed by atoms with Gasteiger partial charge in [0.15, 0.2) is 0 Å². The molecule has 0 aromatic carbocycles. The van der Waals surface area contributed by atoms with Crippen LogP contribution in [0.4, 0.5) is 0 Å². The van der Waals surface area contributed by atoms with Crippen molar-refractivity contribution in [3.8, 4) is 0 Å². The van der Waals surface area contributed by atoms with Crippen LogP contribution in [0.2, 0.25) is 0 Å². The number of carbonyl (C=O) groups is 1. The van der Waals surface area contributed by atoms with E-state index in [-0.39, 0.29) is 12.5 Å². The molecule has 78 valence electrons. The van der Waals surface area contributed by atoms with Gasteiger partial charge in [-0.25, -0.2) is 0 Å². The average Bonchev–Trinajstić information content (AvgIpc) is 2.00. The van der Waals surface area contributed by atoms with Gasteiger partial charge in [0.1, 0.15) is 0 Å². The molecule has 2 N–H and O–H groups in total. The number of hydrogen-bond donors (Lipinski definition) is 2. The normalized spacial score (nSPS) is 11.8. The third-order valence-corrected chi connectivity index (χ3v) is 2.52. The quantitative estimate of drug-likeness (QED) is 0.704. The van der Waals surface area contributed by atoms with Gasteiger partial charge in [-0.05, 0) is 19.1 Å². The Labute approximate surface area is 84.3 Å². The Balaban J connectivity index is 3.74. The summed E-state index contributed by atoms with van der Waals surface area (Å²) in [5.74, 6) is 0.443. The summed E-state index contributed by atoms with van der Waals surface area (Å²) in [4.78, 5) is 11.3. The molecule has 0 rings (SSSR count). The highest BCUT2D eigenvalue weighted by Crippen LogP contribution is 2.09. The SMILES string of the molecule is CC(C)SCC(=O)NC(C)(C)CO. The van der Waals surface area contributed by atoms with Crippen LogP contribution in [-0.2, 0) is 4.79 Å². The van der Waals surface area contributed by atoms with E-state index in [0.29, 0.717) is 11.0 Å². The zero-order valence-electron chi connectivity index (χ0n) is 8.76. The molecule has 0 aliphatic heterocycles. The second-order valence-corrected chi connectivity index (χ2v) is 5.51. The molecule has 4 heteroatoms. The van der Waals surface area contributed by atoms with E-state index in [4.69, 9.17) is 5.11 Å². The molecule has 0 bridgehead atoms. The summed E-state index contributed by atoms with van der Waals surface area (Å²) in [6.07, 6.45) is 0. The summed E-state index contributed by atoms with van der Waals surface area (Å²) in [6, 6.07) is 0. The van der Waals surface area contributed by atoms with Crippen molar-refractivity contribution in [3.63, 3.8) is 0 Å². The van der Waals surface area contributed by atoms with Crippen molar-refractivity contribution < 1.29 is 9.90 Å². The van der Waals surface area contributed by atoms with Crippen LogP contribution in [0, 0.1) is 0 Å². The first-order valence-corrected chi connectivity index (χ1v) is 5.46. The Bertz CT molecular complexity index is 169. The van der Waals surface area contributed by atoms with Crippen molar-refractivity contribution in [2.45, 2.75) is 38.5 Å². The summed E-state index contributed by atoms with van der Waals surface area (Å²) in [6.45, 7) is 7.66. The molecule has 0 heterocycles. The predicted octanol–water partition coefficient (Wildman–Crippen LogP) is 1.02. The third-order valence-electron chi connectivity index (χ3n) is 1.42. The smallest absolute Gasteiger partial charge is 0.230 e. The summed E-state index contributed by atoms with van der Waals surface area (Å²) in [5, 5.41) is 12.1. The van der Waals surface area contributed by atoms with E-state index >= 15 is 0 Å². The van der Waals surface area contributed by atoms with Gasteiger partial charge in [0.25, 0.3) is 0 Å². The first-order chi connectivity index (χ1) is 5.87. The van der Waals surface area contributed by atoms with Gasteiger partial charge in [-0.15, -0.1) is 11.8 Å². The van der Waals surface area contributed by atoms with Crippen LogP contribution >= 0.6 is 11.8 Å². The van der Waals surface area contributed by atoms with Crippen LogP contribution in [0.25, 0.3) is 0 Å². The van der Waals surface area contributed by atoms with Gasteiger partial charge in [-0.3, -0.25) is 4.79 Å². The molecule has 0 aromatic heterocycles. The maximum Gasteiger partial charge on any atom is 0.230 e.